The highest BCUT2D eigenvalue weighted by Crippen LogP contribution is 2.18. The molecule has 0 aromatic carbocycles. The zero-order chi connectivity index (χ0) is 16.5. The predicted molar refractivity (Wildman–Crippen MR) is 108 cm³/mol. The van der Waals surface area contributed by atoms with Crippen LogP contribution >= 0.6 is 24.0 Å². The van der Waals surface area contributed by atoms with E-state index in [1.807, 2.05) is 26.2 Å². The number of aliphatic imine (C=N–C) groups is 1. The van der Waals surface area contributed by atoms with Crippen LogP contribution in [-0.2, 0) is 0 Å². The lowest BCUT2D eigenvalue weighted by Crippen LogP contribution is -2.39. The highest BCUT2D eigenvalue weighted by atomic mass is 127. The standard InChI is InChI=1S/C17H32N4O.HI/c1-13(2)8-6-9-14(3)20-17(18)19-12-15(21(4)5)16-10-7-11-22-16;/h7,10-11,13-15H,6,8-9,12H2,1-5H3,(H3,18,19,20);1H. The molecule has 0 aliphatic heterocycles. The van der Waals surface area contributed by atoms with Crippen LogP contribution in [0.5, 0.6) is 0 Å². The molecule has 3 N–H and O–H groups in total. The second kappa shape index (κ2) is 11.7. The largest absolute Gasteiger partial charge is 0.468 e. The topological polar surface area (TPSA) is 66.8 Å². The first kappa shape index (κ1) is 22.2. The van der Waals surface area contributed by atoms with Crippen molar-refractivity contribution in [2.75, 3.05) is 20.6 Å². The maximum Gasteiger partial charge on any atom is 0.188 e. The Morgan fingerprint density at radius 1 is 1.30 bits per heavy atom. The minimum atomic E-state index is 0. The Morgan fingerprint density at radius 2 is 2.00 bits per heavy atom. The summed E-state index contributed by atoms with van der Waals surface area (Å²) in [7, 11) is 4.03. The Bertz CT molecular complexity index is 432. The van der Waals surface area contributed by atoms with Crippen LogP contribution in [-0.4, -0.2) is 37.5 Å². The minimum Gasteiger partial charge on any atom is -0.468 e. The molecule has 6 heteroatoms. The van der Waals surface area contributed by atoms with Crippen molar-refractivity contribution in [1.82, 2.24) is 10.2 Å². The number of hydrogen-bond donors (Lipinski definition) is 2. The van der Waals surface area contributed by atoms with Crippen molar-refractivity contribution in [2.24, 2.45) is 16.6 Å². The third kappa shape index (κ3) is 9.20. The van der Waals surface area contributed by atoms with Crippen molar-refractivity contribution in [1.29, 1.82) is 0 Å². The van der Waals surface area contributed by atoms with Crippen LogP contribution in [0.15, 0.2) is 27.8 Å². The first-order valence-electron chi connectivity index (χ1n) is 8.16. The molecular formula is C17H33IN4O. The number of nitrogens with zero attached hydrogens (tertiary/aromatic N) is 2. The van der Waals surface area contributed by atoms with E-state index in [1.165, 1.54) is 12.8 Å². The first-order valence-corrected chi connectivity index (χ1v) is 8.16. The van der Waals surface area contributed by atoms with Crippen LogP contribution in [0.1, 0.15) is 51.8 Å². The lowest BCUT2D eigenvalue weighted by Gasteiger charge is -2.21. The molecular weight excluding hydrogens is 403 g/mol. The highest BCUT2D eigenvalue weighted by molar-refractivity contribution is 14.0. The fraction of sp³-hybridized carbons (Fsp3) is 0.706. The van der Waals surface area contributed by atoms with Crippen molar-refractivity contribution in [3.05, 3.63) is 24.2 Å². The van der Waals surface area contributed by atoms with Gasteiger partial charge in [0.05, 0.1) is 18.8 Å². The smallest absolute Gasteiger partial charge is 0.188 e. The number of likely N-dealkylation sites (N-methyl/N-ethyl adjacent to an activating group) is 1. The summed E-state index contributed by atoms with van der Waals surface area (Å²) in [4.78, 5) is 6.55. The summed E-state index contributed by atoms with van der Waals surface area (Å²) in [6.07, 6.45) is 5.27. The van der Waals surface area contributed by atoms with Gasteiger partial charge in [-0.05, 0) is 45.5 Å². The number of hydrogen-bond acceptors (Lipinski definition) is 3. The van der Waals surface area contributed by atoms with Gasteiger partial charge >= 0.3 is 0 Å². The molecule has 0 amide bonds. The molecule has 1 aromatic heterocycles. The molecule has 23 heavy (non-hydrogen) atoms. The van der Waals surface area contributed by atoms with Gasteiger partial charge < -0.3 is 15.5 Å². The van der Waals surface area contributed by atoms with Crippen LogP contribution in [0.25, 0.3) is 0 Å². The van der Waals surface area contributed by atoms with Crippen molar-refractivity contribution < 1.29 is 4.42 Å². The van der Waals surface area contributed by atoms with E-state index < -0.39 is 0 Å². The van der Waals surface area contributed by atoms with Gasteiger partial charge in [-0.1, -0.05) is 26.7 Å². The summed E-state index contributed by atoms with van der Waals surface area (Å²) in [5.41, 5.74) is 6.00. The van der Waals surface area contributed by atoms with E-state index in [1.54, 1.807) is 6.26 Å². The van der Waals surface area contributed by atoms with Crippen molar-refractivity contribution in [2.45, 2.75) is 52.1 Å². The van der Waals surface area contributed by atoms with E-state index in [-0.39, 0.29) is 30.0 Å². The van der Waals surface area contributed by atoms with Crippen molar-refractivity contribution in [3.63, 3.8) is 0 Å². The molecule has 2 unspecified atom stereocenters. The van der Waals surface area contributed by atoms with Crippen LogP contribution in [0.2, 0.25) is 0 Å². The monoisotopic (exact) mass is 436 g/mol. The maximum absolute atomic E-state index is 6.00. The van der Waals surface area contributed by atoms with Crippen LogP contribution < -0.4 is 11.1 Å². The van der Waals surface area contributed by atoms with Gasteiger partial charge in [-0.25, -0.2) is 0 Å². The highest BCUT2D eigenvalue weighted by Gasteiger charge is 2.16. The molecule has 0 fully saturated rings. The molecule has 2 atom stereocenters. The molecule has 0 bridgehead atoms. The van der Waals surface area contributed by atoms with Gasteiger partial charge in [0.2, 0.25) is 0 Å². The van der Waals surface area contributed by atoms with Gasteiger partial charge in [0.25, 0.3) is 0 Å². The second-order valence-electron chi connectivity index (χ2n) is 6.59. The Morgan fingerprint density at radius 3 is 2.52 bits per heavy atom. The van der Waals surface area contributed by atoms with Gasteiger partial charge in [0, 0.05) is 6.04 Å². The lowest BCUT2D eigenvalue weighted by molar-refractivity contribution is 0.265. The summed E-state index contributed by atoms with van der Waals surface area (Å²) < 4.78 is 5.47. The summed E-state index contributed by atoms with van der Waals surface area (Å²) in [5, 5.41) is 3.27. The zero-order valence-corrected chi connectivity index (χ0v) is 17.4. The summed E-state index contributed by atoms with van der Waals surface area (Å²) in [5.74, 6) is 2.18. The SMILES string of the molecule is CC(C)CCCC(C)NC(N)=NCC(c1ccco1)N(C)C.I. The molecule has 0 aliphatic carbocycles. The van der Waals surface area contributed by atoms with E-state index in [0.717, 1.165) is 18.1 Å². The zero-order valence-electron chi connectivity index (χ0n) is 15.1. The molecule has 0 spiro atoms. The summed E-state index contributed by atoms with van der Waals surface area (Å²) in [6.45, 7) is 7.24. The molecule has 0 aliphatic rings. The minimum absolute atomic E-state index is 0. The van der Waals surface area contributed by atoms with Crippen LogP contribution in [0.3, 0.4) is 0 Å². The maximum atomic E-state index is 6.00. The Labute approximate surface area is 158 Å². The number of nitrogens with one attached hydrogen (secondary N) is 1. The number of halogens is 1. The average molecular weight is 436 g/mol. The number of furan rings is 1. The molecule has 0 radical (unpaired) electrons. The fourth-order valence-corrected chi connectivity index (χ4v) is 2.38. The van der Waals surface area contributed by atoms with Crippen molar-refractivity contribution in [3.8, 4) is 0 Å². The number of guanidine groups is 1. The lowest BCUT2D eigenvalue weighted by atomic mass is 10.0. The average Bonchev–Trinajstić information content (AvgIpc) is 2.91. The molecule has 1 heterocycles. The number of rotatable bonds is 9. The van der Waals surface area contributed by atoms with Crippen LogP contribution in [0, 0.1) is 5.92 Å². The fourth-order valence-electron chi connectivity index (χ4n) is 2.38. The predicted octanol–water partition coefficient (Wildman–Crippen LogP) is 3.62. The molecule has 1 rings (SSSR count). The van der Waals surface area contributed by atoms with Gasteiger partial charge in [-0.3, -0.25) is 9.89 Å². The molecule has 134 valence electrons. The van der Waals surface area contributed by atoms with E-state index in [2.05, 4.69) is 36.0 Å². The Balaban J connectivity index is 0.00000484. The van der Waals surface area contributed by atoms with Gasteiger partial charge in [0.15, 0.2) is 5.96 Å². The Hall–Kier alpha value is -0.760. The molecule has 0 saturated carbocycles. The third-order valence-corrected chi connectivity index (χ3v) is 3.74. The summed E-state index contributed by atoms with van der Waals surface area (Å²) >= 11 is 0. The summed E-state index contributed by atoms with van der Waals surface area (Å²) in [6, 6.07) is 4.32. The molecule has 5 nitrogen and oxygen atoms in total. The van der Waals surface area contributed by atoms with Crippen LogP contribution in [0.4, 0.5) is 0 Å². The quantitative estimate of drug-likeness (QED) is 0.353. The van der Waals surface area contributed by atoms with Gasteiger partial charge in [0.1, 0.15) is 5.76 Å². The van der Waals surface area contributed by atoms with Gasteiger partial charge in [-0.2, -0.15) is 0 Å². The van der Waals surface area contributed by atoms with E-state index in [4.69, 9.17) is 10.2 Å². The molecule has 0 saturated heterocycles. The van der Waals surface area contributed by atoms with E-state index >= 15 is 0 Å². The second-order valence-corrected chi connectivity index (χ2v) is 6.59. The number of nitrogens with two attached hydrogens (primary N) is 1. The van der Waals surface area contributed by atoms with E-state index in [9.17, 15) is 0 Å². The third-order valence-electron chi connectivity index (χ3n) is 3.74. The Kier molecular flexibility index (Phi) is 11.3. The molecule has 1 aromatic rings. The normalized spacial score (nSPS) is 14.7. The van der Waals surface area contributed by atoms with Gasteiger partial charge in [-0.15, -0.1) is 24.0 Å². The first-order chi connectivity index (χ1) is 10.4. The van der Waals surface area contributed by atoms with E-state index in [0.29, 0.717) is 18.5 Å². The van der Waals surface area contributed by atoms with Crippen molar-refractivity contribution >= 4 is 29.9 Å².